The minimum absolute atomic E-state index is 0.109. The third kappa shape index (κ3) is 3.42. The van der Waals surface area contributed by atoms with Crippen molar-refractivity contribution in [3.8, 4) is 0 Å². The lowest BCUT2D eigenvalue weighted by Gasteiger charge is -2.28. The van der Waals surface area contributed by atoms with Gasteiger partial charge in [-0.05, 0) is 27.2 Å². The largest absolute Gasteiger partial charge is 0.444 e. The van der Waals surface area contributed by atoms with Gasteiger partial charge < -0.3 is 4.74 Å². The van der Waals surface area contributed by atoms with Crippen LogP contribution >= 0.6 is 0 Å². The monoisotopic (exact) mass is 209 g/mol. The van der Waals surface area contributed by atoms with Gasteiger partial charge in [0.05, 0.1) is 6.04 Å². The van der Waals surface area contributed by atoms with E-state index in [1.54, 1.807) is 4.90 Å². The first-order valence-corrected chi connectivity index (χ1v) is 5.21. The predicted molar refractivity (Wildman–Crippen MR) is 60.7 cm³/mol. The third-order valence-corrected chi connectivity index (χ3v) is 2.10. The number of carbonyl (C=O) groups is 1. The molecule has 0 bridgehead atoms. The topological polar surface area (TPSA) is 29.5 Å². The van der Waals surface area contributed by atoms with Gasteiger partial charge in [-0.2, -0.15) is 0 Å². The van der Waals surface area contributed by atoms with Gasteiger partial charge in [0, 0.05) is 6.54 Å². The molecule has 1 rings (SSSR count). The summed E-state index contributed by atoms with van der Waals surface area (Å²) in [5.74, 6) is 0. The van der Waals surface area contributed by atoms with Crippen molar-refractivity contribution in [2.24, 2.45) is 0 Å². The van der Waals surface area contributed by atoms with Crippen LogP contribution in [0.15, 0.2) is 24.8 Å². The highest BCUT2D eigenvalue weighted by atomic mass is 16.6. The average Bonchev–Trinajstić information content (AvgIpc) is 2.49. The van der Waals surface area contributed by atoms with E-state index in [1.165, 1.54) is 0 Å². The molecule has 0 saturated heterocycles. The molecule has 0 unspecified atom stereocenters. The summed E-state index contributed by atoms with van der Waals surface area (Å²) in [6, 6.07) is 0.109. The third-order valence-electron chi connectivity index (χ3n) is 2.10. The Kier molecular flexibility index (Phi) is 3.56. The molecule has 15 heavy (non-hydrogen) atoms. The van der Waals surface area contributed by atoms with Crippen molar-refractivity contribution in [3.05, 3.63) is 24.8 Å². The Hall–Kier alpha value is -1.25. The van der Waals surface area contributed by atoms with Gasteiger partial charge in [-0.15, -0.1) is 6.58 Å². The van der Waals surface area contributed by atoms with Crippen LogP contribution in [-0.4, -0.2) is 29.2 Å². The van der Waals surface area contributed by atoms with Crippen LogP contribution in [0.5, 0.6) is 0 Å². The molecule has 0 aliphatic carbocycles. The van der Waals surface area contributed by atoms with Crippen molar-refractivity contribution >= 4 is 6.09 Å². The quantitative estimate of drug-likeness (QED) is 0.654. The summed E-state index contributed by atoms with van der Waals surface area (Å²) >= 11 is 0. The maximum Gasteiger partial charge on any atom is 0.411 e. The fourth-order valence-electron chi connectivity index (χ4n) is 1.48. The summed E-state index contributed by atoms with van der Waals surface area (Å²) in [7, 11) is 0. The second kappa shape index (κ2) is 4.51. The molecule has 0 spiro atoms. The maximum atomic E-state index is 11.8. The highest BCUT2D eigenvalue weighted by molar-refractivity contribution is 5.69. The highest BCUT2D eigenvalue weighted by Gasteiger charge is 2.28. The first kappa shape index (κ1) is 11.8. The second-order valence-electron chi connectivity index (χ2n) is 4.65. The molecule has 0 radical (unpaired) electrons. The van der Waals surface area contributed by atoms with Gasteiger partial charge in [-0.25, -0.2) is 4.79 Å². The van der Waals surface area contributed by atoms with Gasteiger partial charge in [-0.3, -0.25) is 4.90 Å². The van der Waals surface area contributed by atoms with Crippen molar-refractivity contribution in [1.29, 1.82) is 0 Å². The number of hydrogen-bond acceptors (Lipinski definition) is 2. The standard InChI is InChI=1S/C12H19NO2/c1-5-7-10-8-6-9-13(10)11(14)15-12(2,3)4/h5-6,8,10H,1,7,9H2,2-4H3/t10-/m0/s1. The van der Waals surface area contributed by atoms with Gasteiger partial charge in [0.25, 0.3) is 0 Å². The van der Waals surface area contributed by atoms with Crippen LogP contribution in [0.25, 0.3) is 0 Å². The summed E-state index contributed by atoms with van der Waals surface area (Å²) in [4.78, 5) is 13.5. The molecule has 84 valence electrons. The lowest BCUT2D eigenvalue weighted by molar-refractivity contribution is 0.0244. The van der Waals surface area contributed by atoms with Crippen LogP contribution in [0, 0.1) is 0 Å². The SMILES string of the molecule is C=CC[C@H]1C=CCN1C(=O)OC(C)(C)C. The summed E-state index contributed by atoms with van der Waals surface area (Å²) in [6.45, 7) is 9.93. The van der Waals surface area contributed by atoms with Crippen molar-refractivity contribution < 1.29 is 9.53 Å². The van der Waals surface area contributed by atoms with Crippen molar-refractivity contribution in [2.75, 3.05) is 6.54 Å². The molecule has 0 saturated carbocycles. The van der Waals surface area contributed by atoms with Crippen LogP contribution in [0.1, 0.15) is 27.2 Å². The molecule has 0 aromatic rings. The van der Waals surface area contributed by atoms with E-state index in [4.69, 9.17) is 4.74 Å². The van der Waals surface area contributed by atoms with Crippen molar-refractivity contribution in [3.63, 3.8) is 0 Å². The van der Waals surface area contributed by atoms with Crippen LogP contribution in [-0.2, 0) is 4.74 Å². The Labute approximate surface area is 91.4 Å². The molecule has 1 aliphatic heterocycles. The molecule has 3 heteroatoms. The molecule has 0 aromatic heterocycles. The number of hydrogen-bond donors (Lipinski definition) is 0. The van der Waals surface area contributed by atoms with Gasteiger partial charge in [0.15, 0.2) is 0 Å². The Bertz CT molecular complexity index is 276. The zero-order chi connectivity index (χ0) is 11.5. The highest BCUT2D eigenvalue weighted by Crippen LogP contribution is 2.18. The van der Waals surface area contributed by atoms with E-state index in [0.717, 1.165) is 6.42 Å². The molecule has 0 fully saturated rings. The lowest BCUT2D eigenvalue weighted by atomic mass is 10.2. The van der Waals surface area contributed by atoms with Crippen LogP contribution < -0.4 is 0 Å². The van der Waals surface area contributed by atoms with E-state index >= 15 is 0 Å². The number of carbonyl (C=O) groups excluding carboxylic acids is 1. The zero-order valence-electron chi connectivity index (χ0n) is 9.69. The van der Waals surface area contributed by atoms with Gasteiger partial charge >= 0.3 is 6.09 Å². The maximum absolute atomic E-state index is 11.8. The van der Waals surface area contributed by atoms with E-state index in [9.17, 15) is 4.79 Å². The van der Waals surface area contributed by atoms with Crippen LogP contribution in [0.2, 0.25) is 0 Å². The fraction of sp³-hybridized carbons (Fsp3) is 0.583. The van der Waals surface area contributed by atoms with Gasteiger partial charge in [-0.1, -0.05) is 18.2 Å². The van der Waals surface area contributed by atoms with E-state index in [2.05, 4.69) is 6.58 Å². The second-order valence-corrected chi connectivity index (χ2v) is 4.65. The summed E-state index contributed by atoms with van der Waals surface area (Å²) in [5, 5.41) is 0. The minimum Gasteiger partial charge on any atom is -0.444 e. The number of nitrogens with zero attached hydrogens (tertiary/aromatic N) is 1. The van der Waals surface area contributed by atoms with E-state index in [1.807, 2.05) is 39.0 Å². The normalized spacial score (nSPS) is 20.5. The first-order valence-electron chi connectivity index (χ1n) is 5.21. The van der Waals surface area contributed by atoms with Crippen molar-refractivity contribution in [1.82, 2.24) is 4.90 Å². The number of amides is 1. The summed E-state index contributed by atoms with van der Waals surface area (Å²) < 4.78 is 5.31. The van der Waals surface area contributed by atoms with E-state index < -0.39 is 5.60 Å². The van der Waals surface area contributed by atoms with Crippen LogP contribution in [0.4, 0.5) is 4.79 Å². The number of ether oxygens (including phenoxy) is 1. The van der Waals surface area contributed by atoms with Crippen LogP contribution in [0.3, 0.4) is 0 Å². The Morgan fingerprint density at radius 1 is 1.67 bits per heavy atom. The summed E-state index contributed by atoms with van der Waals surface area (Å²) in [5.41, 5.74) is -0.432. The molecule has 3 nitrogen and oxygen atoms in total. The lowest BCUT2D eigenvalue weighted by Crippen LogP contribution is -2.40. The molecule has 1 atom stereocenters. The summed E-state index contributed by atoms with van der Waals surface area (Å²) in [6.07, 6.45) is 6.34. The molecule has 1 aliphatic rings. The molecule has 0 aromatic carbocycles. The molecular formula is C12H19NO2. The Balaban J connectivity index is 2.56. The Morgan fingerprint density at radius 2 is 2.33 bits per heavy atom. The van der Waals surface area contributed by atoms with Gasteiger partial charge in [0.2, 0.25) is 0 Å². The minimum atomic E-state index is -0.432. The van der Waals surface area contributed by atoms with E-state index in [-0.39, 0.29) is 12.1 Å². The van der Waals surface area contributed by atoms with Crippen molar-refractivity contribution in [2.45, 2.75) is 38.8 Å². The first-order chi connectivity index (χ1) is 6.94. The smallest absolute Gasteiger partial charge is 0.411 e. The molecule has 1 amide bonds. The number of rotatable bonds is 2. The van der Waals surface area contributed by atoms with E-state index in [0.29, 0.717) is 6.54 Å². The molecule has 0 N–H and O–H groups in total. The zero-order valence-corrected chi connectivity index (χ0v) is 9.69. The average molecular weight is 209 g/mol. The fourth-order valence-corrected chi connectivity index (χ4v) is 1.48. The molecular weight excluding hydrogens is 190 g/mol. The molecule has 1 heterocycles. The Morgan fingerprint density at radius 3 is 2.87 bits per heavy atom. The van der Waals surface area contributed by atoms with Gasteiger partial charge in [0.1, 0.15) is 5.60 Å². The predicted octanol–water partition coefficient (Wildman–Crippen LogP) is 2.74.